The molecule has 0 aromatic heterocycles. The molecular formula is C16H26FN. The normalized spacial score (nSPS) is 13.7. The topological polar surface area (TPSA) is 12.0 Å². The Labute approximate surface area is 111 Å². The quantitative estimate of drug-likeness (QED) is 0.829. The molecule has 0 saturated heterocycles. The second kappa shape index (κ2) is 5.83. The summed E-state index contributed by atoms with van der Waals surface area (Å²) < 4.78 is 13.4. The summed E-state index contributed by atoms with van der Waals surface area (Å²) in [5.41, 5.74) is 3.44. The lowest BCUT2D eigenvalue weighted by Crippen LogP contribution is -2.34. The van der Waals surface area contributed by atoms with Crippen LogP contribution in [0.4, 0.5) is 4.39 Å². The molecule has 0 spiro atoms. The maximum Gasteiger partial charge on any atom is 0.123 e. The summed E-state index contributed by atoms with van der Waals surface area (Å²) in [5, 5.41) is 3.60. The Morgan fingerprint density at radius 1 is 1.17 bits per heavy atom. The van der Waals surface area contributed by atoms with Gasteiger partial charge in [0.05, 0.1) is 0 Å². The molecule has 0 bridgehead atoms. The molecule has 18 heavy (non-hydrogen) atoms. The maximum atomic E-state index is 13.4. The molecule has 0 saturated carbocycles. The monoisotopic (exact) mass is 251 g/mol. The summed E-state index contributed by atoms with van der Waals surface area (Å²) in [6, 6.07) is 3.53. The van der Waals surface area contributed by atoms with Crippen LogP contribution < -0.4 is 5.32 Å². The Morgan fingerprint density at radius 3 is 2.06 bits per heavy atom. The Morgan fingerprint density at radius 2 is 1.67 bits per heavy atom. The lowest BCUT2D eigenvalue weighted by atomic mass is 9.79. The van der Waals surface area contributed by atoms with Gasteiger partial charge in [-0.25, -0.2) is 4.39 Å². The van der Waals surface area contributed by atoms with E-state index in [1.54, 1.807) is 12.1 Å². The largest absolute Gasteiger partial charge is 0.309 e. The van der Waals surface area contributed by atoms with Crippen LogP contribution in [0.1, 0.15) is 56.8 Å². The number of nitrogens with one attached hydrogen (secondary N) is 1. The van der Waals surface area contributed by atoms with Gasteiger partial charge in [0, 0.05) is 6.04 Å². The van der Waals surface area contributed by atoms with E-state index in [1.165, 1.54) is 5.56 Å². The molecule has 0 aliphatic carbocycles. The van der Waals surface area contributed by atoms with Gasteiger partial charge in [-0.2, -0.15) is 0 Å². The smallest absolute Gasteiger partial charge is 0.123 e. The molecule has 102 valence electrons. The van der Waals surface area contributed by atoms with Crippen molar-refractivity contribution in [1.82, 2.24) is 5.32 Å². The Bertz CT molecular complexity index is 381. The summed E-state index contributed by atoms with van der Waals surface area (Å²) in [6.07, 6.45) is 1.10. The molecule has 2 heteroatoms. The molecule has 0 heterocycles. The summed E-state index contributed by atoms with van der Waals surface area (Å²) >= 11 is 0. The van der Waals surface area contributed by atoms with Crippen LogP contribution in [0.2, 0.25) is 0 Å². The van der Waals surface area contributed by atoms with E-state index >= 15 is 0 Å². The fourth-order valence-electron chi connectivity index (χ4n) is 2.51. The van der Waals surface area contributed by atoms with Gasteiger partial charge < -0.3 is 5.32 Å². The first-order valence-electron chi connectivity index (χ1n) is 6.77. The first-order chi connectivity index (χ1) is 8.27. The Hall–Kier alpha value is -0.890. The SMILES string of the molecule is CCCNC(c1c(C)cc(F)cc1C)C(C)(C)C. The molecule has 1 nitrogen and oxygen atoms in total. The standard InChI is InChI=1S/C16H26FN/c1-7-8-18-15(16(4,5)6)14-11(2)9-13(17)10-12(14)3/h9-10,15,18H,7-8H2,1-6H3. The zero-order valence-electron chi connectivity index (χ0n) is 12.5. The molecule has 1 aromatic rings. The highest BCUT2D eigenvalue weighted by Crippen LogP contribution is 2.36. The maximum absolute atomic E-state index is 13.4. The van der Waals surface area contributed by atoms with Crippen molar-refractivity contribution >= 4 is 0 Å². The molecule has 1 aromatic carbocycles. The van der Waals surface area contributed by atoms with E-state index in [-0.39, 0.29) is 17.3 Å². The third kappa shape index (κ3) is 3.55. The van der Waals surface area contributed by atoms with Crippen molar-refractivity contribution in [2.75, 3.05) is 6.54 Å². The summed E-state index contributed by atoms with van der Waals surface area (Å²) in [4.78, 5) is 0. The van der Waals surface area contributed by atoms with Gasteiger partial charge in [0.25, 0.3) is 0 Å². The molecular weight excluding hydrogens is 225 g/mol. The van der Waals surface area contributed by atoms with Crippen LogP contribution in [0, 0.1) is 25.1 Å². The number of aryl methyl sites for hydroxylation is 2. The van der Waals surface area contributed by atoms with Crippen molar-refractivity contribution in [3.05, 3.63) is 34.6 Å². The Balaban J connectivity index is 3.21. The van der Waals surface area contributed by atoms with Gasteiger partial charge in [-0.15, -0.1) is 0 Å². The van der Waals surface area contributed by atoms with Gasteiger partial charge in [-0.1, -0.05) is 27.7 Å². The molecule has 0 radical (unpaired) electrons. The van der Waals surface area contributed by atoms with Crippen LogP contribution in [0.5, 0.6) is 0 Å². The van der Waals surface area contributed by atoms with Crippen LogP contribution in [-0.2, 0) is 0 Å². The van der Waals surface area contributed by atoms with Gasteiger partial charge in [-0.05, 0) is 61.1 Å². The zero-order chi connectivity index (χ0) is 13.9. The minimum absolute atomic E-state index is 0.114. The summed E-state index contributed by atoms with van der Waals surface area (Å²) in [7, 11) is 0. The van der Waals surface area contributed by atoms with Crippen molar-refractivity contribution in [3.63, 3.8) is 0 Å². The van der Waals surface area contributed by atoms with E-state index in [0.29, 0.717) is 0 Å². The molecule has 1 rings (SSSR count). The number of hydrogen-bond donors (Lipinski definition) is 1. The van der Waals surface area contributed by atoms with E-state index in [4.69, 9.17) is 0 Å². The predicted octanol–water partition coefficient (Wildman–Crippen LogP) is 4.53. The molecule has 0 amide bonds. The fraction of sp³-hybridized carbons (Fsp3) is 0.625. The molecule has 1 unspecified atom stereocenters. The van der Waals surface area contributed by atoms with E-state index in [2.05, 4.69) is 33.0 Å². The van der Waals surface area contributed by atoms with E-state index in [0.717, 1.165) is 24.1 Å². The van der Waals surface area contributed by atoms with Crippen LogP contribution >= 0.6 is 0 Å². The van der Waals surface area contributed by atoms with Crippen LogP contribution in [0.15, 0.2) is 12.1 Å². The van der Waals surface area contributed by atoms with Gasteiger partial charge in [-0.3, -0.25) is 0 Å². The summed E-state index contributed by atoms with van der Waals surface area (Å²) in [5.74, 6) is -0.142. The van der Waals surface area contributed by atoms with Crippen molar-refractivity contribution < 1.29 is 4.39 Å². The van der Waals surface area contributed by atoms with Crippen LogP contribution in [-0.4, -0.2) is 6.54 Å². The number of rotatable bonds is 4. The third-order valence-corrected chi connectivity index (χ3v) is 3.31. The molecule has 0 aliphatic rings. The molecule has 0 fully saturated rings. The molecule has 0 aliphatic heterocycles. The van der Waals surface area contributed by atoms with E-state index < -0.39 is 0 Å². The average molecular weight is 251 g/mol. The highest BCUT2D eigenvalue weighted by molar-refractivity contribution is 5.37. The van der Waals surface area contributed by atoms with Crippen molar-refractivity contribution in [1.29, 1.82) is 0 Å². The lowest BCUT2D eigenvalue weighted by Gasteiger charge is -2.34. The minimum atomic E-state index is -0.142. The number of benzene rings is 1. The molecule has 1 atom stereocenters. The summed E-state index contributed by atoms with van der Waals surface area (Å²) in [6.45, 7) is 13.8. The lowest BCUT2D eigenvalue weighted by molar-refractivity contribution is 0.271. The zero-order valence-corrected chi connectivity index (χ0v) is 12.5. The third-order valence-electron chi connectivity index (χ3n) is 3.31. The highest BCUT2D eigenvalue weighted by Gasteiger charge is 2.28. The van der Waals surface area contributed by atoms with Crippen molar-refractivity contribution in [2.24, 2.45) is 5.41 Å². The highest BCUT2D eigenvalue weighted by atomic mass is 19.1. The van der Waals surface area contributed by atoms with Crippen LogP contribution in [0.25, 0.3) is 0 Å². The van der Waals surface area contributed by atoms with Crippen molar-refractivity contribution in [2.45, 2.75) is 54.0 Å². The number of hydrogen-bond acceptors (Lipinski definition) is 1. The Kier molecular flexibility index (Phi) is 4.92. The van der Waals surface area contributed by atoms with Gasteiger partial charge in [0.15, 0.2) is 0 Å². The van der Waals surface area contributed by atoms with Crippen LogP contribution in [0.3, 0.4) is 0 Å². The van der Waals surface area contributed by atoms with E-state index in [1.807, 2.05) is 13.8 Å². The fourth-order valence-corrected chi connectivity index (χ4v) is 2.51. The first kappa shape index (κ1) is 15.2. The second-order valence-electron chi connectivity index (χ2n) is 6.21. The van der Waals surface area contributed by atoms with E-state index in [9.17, 15) is 4.39 Å². The minimum Gasteiger partial charge on any atom is -0.309 e. The van der Waals surface area contributed by atoms with Gasteiger partial charge in [0.2, 0.25) is 0 Å². The first-order valence-corrected chi connectivity index (χ1v) is 6.77. The van der Waals surface area contributed by atoms with Crippen molar-refractivity contribution in [3.8, 4) is 0 Å². The van der Waals surface area contributed by atoms with Gasteiger partial charge in [0.1, 0.15) is 5.82 Å². The molecule has 1 N–H and O–H groups in total. The second-order valence-corrected chi connectivity index (χ2v) is 6.21. The average Bonchev–Trinajstić information content (AvgIpc) is 2.19. The predicted molar refractivity (Wildman–Crippen MR) is 76.4 cm³/mol. The van der Waals surface area contributed by atoms with Gasteiger partial charge >= 0.3 is 0 Å². The number of halogens is 1.